The first-order valence-electron chi connectivity index (χ1n) is 8.96. The molecule has 0 radical (unpaired) electrons. The summed E-state index contributed by atoms with van der Waals surface area (Å²) in [4.78, 5) is 24.4. The van der Waals surface area contributed by atoms with Crippen molar-refractivity contribution in [2.75, 3.05) is 18.0 Å². The first-order chi connectivity index (χ1) is 12.6. The molecule has 4 rings (SSSR count). The van der Waals surface area contributed by atoms with Crippen molar-refractivity contribution in [3.8, 4) is 0 Å². The molecule has 26 heavy (non-hydrogen) atoms. The molecule has 1 aliphatic rings. The molecule has 0 aliphatic carbocycles. The van der Waals surface area contributed by atoms with Crippen LogP contribution in [0.3, 0.4) is 0 Å². The van der Waals surface area contributed by atoms with Gasteiger partial charge in [0.2, 0.25) is 0 Å². The monoisotopic (exact) mass is 366 g/mol. The van der Waals surface area contributed by atoms with Crippen LogP contribution in [-0.2, 0) is 6.54 Å². The second-order valence-corrected chi connectivity index (χ2v) is 7.62. The number of pyridine rings is 1. The Balaban J connectivity index is 1.52. The maximum atomic E-state index is 12.8. The Bertz CT molecular complexity index is 960. The van der Waals surface area contributed by atoms with Crippen LogP contribution >= 0.6 is 11.3 Å². The molecule has 6 heteroatoms. The number of carbonyl (C=O) groups is 1. The molecule has 1 amide bonds. The van der Waals surface area contributed by atoms with Crippen molar-refractivity contribution in [1.82, 2.24) is 15.3 Å². The predicted octanol–water partition coefficient (Wildman–Crippen LogP) is 3.84. The number of carbonyl (C=O) groups excluding carboxylic acids is 1. The van der Waals surface area contributed by atoms with E-state index in [1.165, 1.54) is 12.8 Å². The third-order valence-electron chi connectivity index (χ3n) is 4.76. The van der Waals surface area contributed by atoms with Crippen molar-refractivity contribution >= 4 is 33.3 Å². The van der Waals surface area contributed by atoms with Gasteiger partial charge in [0.05, 0.1) is 23.3 Å². The van der Waals surface area contributed by atoms with Gasteiger partial charge in [-0.25, -0.2) is 4.98 Å². The average Bonchev–Trinajstić information content (AvgIpc) is 3.31. The Hall–Kier alpha value is -2.47. The summed E-state index contributed by atoms with van der Waals surface area (Å²) in [6.45, 7) is 6.55. The van der Waals surface area contributed by atoms with Crippen LogP contribution in [0, 0.1) is 13.8 Å². The molecule has 1 N–H and O–H groups in total. The van der Waals surface area contributed by atoms with Gasteiger partial charge in [-0.15, -0.1) is 11.3 Å². The lowest BCUT2D eigenvalue weighted by Gasteiger charge is -2.12. The lowest BCUT2D eigenvalue weighted by atomic mass is 10.0. The number of hydrogen-bond acceptors (Lipinski definition) is 5. The number of aromatic nitrogens is 2. The average molecular weight is 366 g/mol. The van der Waals surface area contributed by atoms with Crippen LogP contribution in [0.15, 0.2) is 29.6 Å². The zero-order valence-corrected chi connectivity index (χ0v) is 15.9. The molecule has 1 aliphatic heterocycles. The number of hydrogen-bond donors (Lipinski definition) is 1. The number of aryl methyl sites for hydroxylation is 2. The summed E-state index contributed by atoms with van der Waals surface area (Å²) in [6.07, 6.45) is 2.47. The molecule has 1 saturated heterocycles. The molecular weight excluding hydrogens is 344 g/mol. The summed E-state index contributed by atoms with van der Waals surface area (Å²) in [5.41, 5.74) is 4.40. The minimum atomic E-state index is -0.0816. The SMILES string of the molecule is Cc1cc(C(=O)NCc2csc(N3CCCC3)n2)c2cccc(C)c2n1. The van der Waals surface area contributed by atoms with E-state index in [1.807, 2.05) is 43.5 Å². The topological polar surface area (TPSA) is 58.1 Å². The first kappa shape index (κ1) is 17.0. The number of para-hydroxylation sites is 1. The number of nitrogens with one attached hydrogen (secondary N) is 1. The third kappa shape index (κ3) is 3.29. The number of amides is 1. The van der Waals surface area contributed by atoms with E-state index in [0.29, 0.717) is 12.1 Å². The molecule has 0 atom stereocenters. The molecule has 3 heterocycles. The van der Waals surface area contributed by atoms with Gasteiger partial charge in [0, 0.05) is 29.5 Å². The van der Waals surface area contributed by atoms with E-state index >= 15 is 0 Å². The van der Waals surface area contributed by atoms with Crippen LogP contribution in [0.1, 0.15) is 40.2 Å². The minimum absolute atomic E-state index is 0.0816. The normalized spacial score (nSPS) is 14.2. The summed E-state index contributed by atoms with van der Waals surface area (Å²) in [7, 11) is 0. The second kappa shape index (κ2) is 7.03. The van der Waals surface area contributed by atoms with Gasteiger partial charge in [-0.3, -0.25) is 9.78 Å². The molecule has 0 bridgehead atoms. The zero-order chi connectivity index (χ0) is 18.1. The van der Waals surface area contributed by atoms with E-state index in [1.54, 1.807) is 11.3 Å². The van der Waals surface area contributed by atoms with Crippen molar-refractivity contribution in [1.29, 1.82) is 0 Å². The van der Waals surface area contributed by atoms with E-state index in [0.717, 1.165) is 46.1 Å². The number of benzene rings is 1. The van der Waals surface area contributed by atoms with Gasteiger partial charge >= 0.3 is 0 Å². The quantitative estimate of drug-likeness (QED) is 0.762. The number of rotatable bonds is 4. The minimum Gasteiger partial charge on any atom is -0.348 e. The molecule has 1 fully saturated rings. The second-order valence-electron chi connectivity index (χ2n) is 6.78. The summed E-state index contributed by atoms with van der Waals surface area (Å²) in [5.74, 6) is -0.0816. The molecule has 2 aromatic heterocycles. The van der Waals surface area contributed by atoms with Gasteiger partial charge < -0.3 is 10.2 Å². The molecular formula is C20H22N4OS. The Morgan fingerprint density at radius 2 is 2.04 bits per heavy atom. The van der Waals surface area contributed by atoms with Crippen molar-refractivity contribution in [2.24, 2.45) is 0 Å². The Morgan fingerprint density at radius 1 is 1.23 bits per heavy atom. The van der Waals surface area contributed by atoms with Crippen LogP contribution in [0.2, 0.25) is 0 Å². The first-order valence-corrected chi connectivity index (χ1v) is 9.84. The Kier molecular flexibility index (Phi) is 4.59. The molecule has 0 spiro atoms. The lowest BCUT2D eigenvalue weighted by Crippen LogP contribution is -2.24. The number of fused-ring (bicyclic) bond motifs is 1. The van der Waals surface area contributed by atoms with Crippen molar-refractivity contribution in [2.45, 2.75) is 33.2 Å². The van der Waals surface area contributed by atoms with E-state index in [9.17, 15) is 4.79 Å². The largest absolute Gasteiger partial charge is 0.348 e. The smallest absolute Gasteiger partial charge is 0.252 e. The fourth-order valence-corrected chi connectivity index (χ4v) is 4.28. The predicted molar refractivity (Wildman–Crippen MR) is 106 cm³/mol. The fourth-order valence-electron chi connectivity index (χ4n) is 3.41. The van der Waals surface area contributed by atoms with Crippen LogP contribution in [0.5, 0.6) is 0 Å². The lowest BCUT2D eigenvalue weighted by molar-refractivity contribution is 0.0952. The van der Waals surface area contributed by atoms with Crippen LogP contribution < -0.4 is 10.2 Å². The highest BCUT2D eigenvalue weighted by Crippen LogP contribution is 2.25. The summed E-state index contributed by atoms with van der Waals surface area (Å²) in [5, 5.41) is 7.01. The highest BCUT2D eigenvalue weighted by molar-refractivity contribution is 7.13. The Labute approximate surface area is 157 Å². The van der Waals surface area contributed by atoms with E-state index in [2.05, 4.69) is 20.2 Å². The van der Waals surface area contributed by atoms with Gasteiger partial charge in [-0.05, 0) is 38.3 Å². The number of anilines is 1. The van der Waals surface area contributed by atoms with Crippen LogP contribution in [-0.4, -0.2) is 29.0 Å². The number of thiazole rings is 1. The summed E-state index contributed by atoms with van der Waals surface area (Å²) in [6, 6.07) is 7.80. The molecule has 3 aromatic rings. The maximum absolute atomic E-state index is 12.8. The van der Waals surface area contributed by atoms with E-state index in [-0.39, 0.29) is 5.91 Å². The fraction of sp³-hybridized carbons (Fsp3) is 0.350. The van der Waals surface area contributed by atoms with Crippen LogP contribution in [0.25, 0.3) is 10.9 Å². The van der Waals surface area contributed by atoms with Gasteiger partial charge in [0.25, 0.3) is 5.91 Å². The summed E-state index contributed by atoms with van der Waals surface area (Å²) >= 11 is 1.65. The molecule has 0 unspecified atom stereocenters. The highest BCUT2D eigenvalue weighted by atomic mass is 32.1. The molecule has 1 aromatic carbocycles. The van der Waals surface area contributed by atoms with Gasteiger partial charge in [-0.1, -0.05) is 18.2 Å². The van der Waals surface area contributed by atoms with Crippen molar-refractivity contribution in [3.05, 3.63) is 52.2 Å². The molecule has 134 valence electrons. The van der Waals surface area contributed by atoms with Gasteiger partial charge in [0.15, 0.2) is 5.13 Å². The molecule has 5 nitrogen and oxygen atoms in total. The standard InChI is InChI=1S/C20H22N4OS/c1-13-6-5-7-16-17(10-14(2)22-18(13)16)19(25)21-11-15-12-26-20(23-15)24-8-3-4-9-24/h5-7,10,12H,3-4,8-9,11H2,1-2H3,(H,21,25). The van der Waals surface area contributed by atoms with Gasteiger partial charge in [-0.2, -0.15) is 0 Å². The van der Waals surface area contributed by atoms with E-state index in [4.69, 9.17) is 0 Å². The maximum Gasteiger partial charge on any atom is 0.252 e. The molecule has 0 saturated carbocycles. The van der Waals surface area contributed by atoms with Crippen LogP contribution in [0.4, 0.5) is 5.13 Å². The summed E-state index contributed by atoms with van der Waals surface area (Å²) < 4.78 is 0. The van der Waals surface area contributed by atoms with E-state index < -0.39 is 0 Å². The highest BCUT2D eigenvalue weighted by Gasteiger charge is 2.17. The number of nitrogens with zero attached hydrogens (tertiary/aromatic N) is 3. The van der Waals surface area contributed by atoms with Crippen molar-refractivity contribution < 1.29 is 4.79 Å². The third-order valence-corrected chi connectivity index (χ3v) is 5.71. The Morgan fingerprint density at radius 3 is 2.85 bits per heavy atom. The van der Waals surface area contributed by atoms with Crippen molar-refractivity contribution in [3.63, 3.8) is 0 Å². The zero-order valence-electron chi connectivity index (χ0n) is 15.1. The van der Waals surface area contributed by atoms with Gasteiger partial charge in [0.1, 0.15) is 0 Å².